The van der Waals surface area contributed by atoms with Gasteiger partial charge in [0.15, 0.2) is 0 Å². The van der Waals surface area contributed by atoms with Gasteiger partial charge in [0.2, 0.25) is 0 Å². The van der Waals surface area contributed by atoms with Gasteiger partial charge in [-0.1, -0.05) is 26.0 Å². The second-order valence-electron chi connectivity index (χ2n) is 3.18. The molecule has 0 fully saturated rings. The zero-order valence-corrected chi connectivity index (χ0v) is 10.5. The van der Waals surface area contributed by atoms with Crippen molar-refractivity contribution in [2.45, 2.75) is 26.7 Å². The molecule has 0 aliphatic heterocycles. The molecular formula is C10H15O3PS. The standard InChI is InChI=1S/C10H15O3PS/c1-3-8-6-5-7-10(9(8)4-2)13-14(11,12)15/h5-7H,3-4H2,1-2H3,(H2,11,12,15). The number of hydrogen-bond donors (Lipinski definition) is 2. The SMILES string of the molecule is CCc1cccc(OP(O)(O)=S)c1CC. The minimum atomic E-state index is -3.62. The topological polar surface area (TPSA) is 49.7 Å². The summed E-state index contributed by atoms with van der Waals surface area (Å²) in [6.45, 7) is 0.423. The molecule has 0 aliphatic rings. The van der Waals surface area contributed by atoms with Gasteiger partial charge >= 0.3 is 6.72 Å². The van der Waals surface area contributed by atoms with Gasteiger partial charge in [-0.05, 0) is 30.0 Å². The molecule has 0 aliphatic carbocycles. The van der Waals surface area contributed by atoms with Crippen LogP contribution in [0.3, 0.4) is 0 Å². The van der Waals surface area contributed by atoms with Crippen molar-refractivity contribution in [1.82, 2.24) is 0 Å². The fourth-order valence-electron chi connectivity index (χ4n) is 1.56. The predicted octanol–water partition coefficient (Wildman–Crippen LogP) is 2.40. The van der Waals surface area contributed by atoms with Crippen LogP contribution in [0.25, 0.3) is 0 Å². The van der Waals surface area contributed by atoms with E-state index in [4.69, 9.17) is 14.3 Å². The number of benzene rings is 1. The summed E-state index contributed by atoms with van der Waals surface area (Å²) in [6, 6.07) is 5.55. The maximum absolute atomic E-state index is 9.11. The summed E-state index contributed by atoms with van der Waals surface area (Å²) in [4.78, 5) is 18.2. The molecule has 1 rings (SSSR count). The van der Waals surface area contributed by atoms with Crippen molar-refractivity contribution in [3.8, 4) is 5.75 Å². The molecule has 0 spiro atoms. The Hall–Kier alpha value is -0.410. The number of hydrogen-bond acceptors (Lipinski definition) is 2. The summed E-state index contributed by atoms with van der Waals surface area (Å²) in [6.07, 6.45) is 1.68. The number of aryl methyl sites for hydroxylation is 1. The van der Waals surface area contributed by atoms with Crippen LogP contribution >= 0.6 is 6.72 Å². The number of rotatable bonds is 4. The van der Waals surface area contributed by atoms with E-state index in [1.165, 1.54) is 0 Å². The average Bonchev–Trinajstić information content (AvgIpc) is 2.15. The molecule has 0 heterocycles. The van der Waals surface area contributed by atoms with Gasteiger partial charge in [-0.25, -0.2) is 0 Å². The normalized spacial score (nSPS) is 11.5. The monoisotopic (exact) mass is 246 g/mol. The highest BCUT2D eigenvalue weighted by molar-refractivity contribution is 8.06. The van der Waals surface area contributed by atoms with Crippen LogP contribution in [0.4, 0.5) is 0 Å². The lowest BCUT2D eigenvalue weighted by atomic mass is 10.0. The smallest absolute Gasteiger partial charge is 0.375 e. The summed E-state index contributed by atoms with van der Waals surface area (Å²) in [5.74, 6) is 0.491. The summed E-state index contributed by atoms with van der Waals surface area (Å²) in [5.41, 5.74) is 2.15. The zero-order chi connectivity index (χ0) is 11.5. The minimum Gasteiger partial charge on any atom is -0.424 e. The first-order valence-electron chi connectivity index (χ1n) is 4.83. The molecule has 0 saturated carbocycles. The molecule has 0 radical (unpaired) electrons. The van der Waals surface area contributed by atoms with Crippen LogP contribution in [0.1, 0.15) is 25.0 Å². The molecule has 0 aromatic heterocycles. The Balaban J connectivity index is 3.12. The van der Waals surface area contributed by atoms with Crippen LogP contribution < -0.4 is 4.52 Å². The van der Waals surface area contributed by atoms with Gasteiger partial charge in [0, 0.05) is 11.8 Å². The molecule has 3 nitrogen and oxygen atoms in total. The maximum Gasteiger partial charge on any atom is 0.375 e. The second kappa shape index (κ2) is 5.08. The van der Waals surface area contributed by atoms with Crippen LogP contribution in [-0.2, 0) is 24.6 Å². The van der Waals surface area contributed by atoms with Gasteiger partial charge in [-0.2, -0.15) is 0 Å². The molecule has 2 N–H and O–H groups in total. The van der Waals surface area contributed by atoms with Crippen molar-refractivity contribution >= 4 is 18.5 Å². The fourth-order valence-corrected chi connectivity index (χ4v) is 2.23. The summed E-state index contributed by atoms with van der Waals surface area (Å²) in [7, 11) is 0. The first kappa shape index (κ1) is 12.7. The summed E-state index contributed by atoms with van der Waals surface area (Å²) < 4.78 is 5.00. The van der Waals surface area contributed by atoms with Gasteiger partial charge in [-0.3, -0.25) is 0 Å². The molecule has 5 heteroatoms. The Morgan fingerprint density at radius 3 is 2.40 bits per heavy atom. The van der Waals surface area contributed by atoms with E-state index in [1.54, 1.807) is 6.07 Å². The van der Waals surface area contributed by atoms with Crippen molar-refractivity contribution in [2.24, 2.45) is 0 Å². The highest BCUT2D eigenvalue weighted by Crippen LogP contribution is 2.40. The Bertz CT molecular complexity index is 386. The quantitative estimate of drug-likeness (QED) is 0.801. The van der Waals surface area contributed by atoms with E-state index >= 15 is 0 Å². The van der Waals surface area contributed by atoms with E-state index in [0.717, 1.165) is 24.0 Å². The first-order valence-corrected chi connectivity index (χ1v) is 7.46. The van der Waals surface area contributed by atoms with E-state index < -0.39 is 6.72 Å². The third-order valence-electron chi connectivity index (χ3n) is 2.18. The van der Waals surface area contributed by atoms with Crippen LogP contribution in [0, 0.1) is 0 Å². The van der Waals surface area contributed by atoms with Crippen LogP contribution in [-0.4, -0.2) is 9.79 Å². The van der Waals surface area contributed by atoms with E-state index in [9.17, 15) is 0 Å². The van der Waals surface area contributed by atoms with Crippen molar-refractivity contribution < 1.29 is 14.3 Å². The molecule has 1 aromatic rings. The van der Waals surface area contributed by atoms with E-state index in [2.05, 4.69) is 11.8 Å². The van der Waals surface area contributed by atoms with E-state index in [1.807, 2.05) is 26.0 Å². The maximum atomic E-state index is 9.11. The van der Waals surface area contributed by atoms with Crippen molar-refractivity contribution in [3.05, 3.63) is 29.3 Å². The summed E-state index contributed by atoms with van der Waals surface area (Å²) >= 11 is 4.45. The van der Waals surface area contributed by atoms with Crippen LogP contribution in [0.15, 0.2) is 18.2 Å². The van der Waals surface area contributed by atoms with Crippen molar-refractivity contribution in [1.29, 1.82) is 0 Å². The van der Waals surface area contributed by atoms with E-state index in [0.29, 0.717) is 5.75 Å². The minimum absolute atomic E-state index is 0.491. The van der Waals surface area contributed by atoms with E-state index in [-0.39, 0.29) is 0 Å². The molecule has 0 amide bonds. The van der Waals surface area contributed by atoms with Gasteiger partial charge in [0.25, 0.3) is 0 Å². The predicted molar refractivity (Wildman–Crippen MR) is 64.5 cm³/mol. The first-order chi connectivity index (χ1) is 6.98. The largest absolute Gasteiger partial charge is 0.424 e. The third-order valence-corrected chi connectivity index (χ3v) is 2.84. The average molecular weight is 246 g/mol. The molecule has 1 aromatic carbocycles. The molecule has 0 atom stereocenters. The Labute approximate surface area is 95.0 Å². The molecule has 15 heavy (non-hydrogen) atoms. The van der Waals surface area contributed by atoms with Crippen molar-refractivity contribution in [3.63, 3.8) is 0 Å². The van der Waals surface area contributed by atoms with Crippen LogP contribution in [0.2, 0.25) is 0 Å². The lowest BCUT2D eigenvalue weighted by Crippen LogP contribution is -1.98. The molecular weight excluding hydrogens is 231 g/mol. The lowest BCUT2D eigenvalue weighted by Gasteiger charge is -2.15. The molecule has 0 unspecified atom stereocenters. The Morgan fingerprint density at radius 1 is 1.27 bits per heavy atom. The van der Waals surface area contributed by atoms with Gasteiger partial charge in [0.05, 0.1) is 0 Å². The second-order valence-corrected chi connectivity index (χ2v) is 5.77. The molecule has 0 bridgehead atoms. The summed E-state index contributed by atoms with van der Waals surface area (Å²) in [5, 5.41) is 0. The fraction of sp³-hybridized carbons (Fsp3) is 0.400. The zero-order valence-electron chi connectivity index (χ0n) is 8.80. The Morgan fingerprint density at radius 2 is 1.93 bits per heavy atom. The highest BCUT2D eigenvalue weighted by atomic mass is 32.5. The van der Waals surface area contributed by atoms with Gasteiger partial charge in [0.1, 0.15) is 5.75 Å². The lowest BCUT2D eigenvalue weighted by molar-refractivity contribution is 0.369. The van der Waals surface area contributed by atoms with Crippen molar-refractivity contribution in [2.75, 3.05) is 0 Å². The van der Waals surface area contributed by atoms with Gasteiger partial charge < -0.3 is 14.3 Å². The van der Waals surface area contributed by atoms with Crippen LogP contribution in [0.5, 0.6) is 5.75 Å². The highest BCUT2D eigenvalue weighted by Gasteiger charge is 2.14. The molecule has 0 saturated heterocycles. The third kappa shape index (κ3) is 3.58. The van der Waals surface area contributed by atoms with Gasteiger partial charge in [-0.15, -0.1) is 0 Å². The Kier molecular flexibility index (Phi) is 4.29. The molecule has 84 valence electrons.